The largest absolute Gasteiger partial charge is 0.392 e. The number of nitrogens with zero attached hydrogens (tertiary/aromatic N) is 2. The zero-order chi connectivity index (χ0) is 15.5. The van der Waals surface area contributed by atoms with Crippen LogP contribution in [-0.2, 0) is 10.0 Å². The van der Waals surface area contributed by atoms with Crippen molar-refractivity contribution in [2.75, 3.05) is 26.0 Å². The number of likely N-dealkylation sites (N-methyl/N-ethyl adjacent to an activating group) is 1. The van der Waals surface area contributed by atoms with Crippen molar-refractivity contribution in [1.29, 1.82) is 0 Å². The molecule has 0 aromatic heterocycles. The third kappa shape index (κ3) is 3.44. The summed E-state index contributed by atoms with van der Waals surface area (Å²) in [6, 6.07) is 3.56. The highest BCUT2D eigenvalue weighted by molar-refractivity contribution is 7.89. The third-order valence-corrected chi connectivity index (χ3v) is 4.52. The summed E-state index contributed by atoms with van der Waals surface area (Å²) in [7, 11) is -1.10. The minimum atomic E-state index is -3.93. The average Bonchev–Trinajstić information content (AvgIpc) is 2.36. The molecule has 1 rings (SSSR count). The molecule has 0 aliphatic rings. The van der Waals surface area contributed by atoms with E-state index in [-0.39, 0.29) is 22.8 Å². The standard InChI is InChI=1S/C11H17N3O5S/c1-8(15)7-13(3)20(18,19)11-6-9(14(16)17)4-5-10(11)12-2/h4-6,8,12,15H,7H2,1-3H3. The highest BCUT2D eigenvalue weighted by Gasteiger charge is 2.26. The van der Waals surface area contributed by atoms with Gasteiger partial charge in [-0.15, -0.1) is 0 Å². The molecule has 0 radical (unpaired) electrons. The molecule has 0 aliphatic heterocycles. The Morgan fingerprint density at radius 3 is 2.55 bits per heavy atom. The van der Waals surface area contributed by atoms with Crippen LogP contribution >= 0.6 is 0 Å². The Kier molecular flexibility index (Phi) is 5.03. The predicted molar refractivity (Wildman–Crippen MR) is 74.1 cm³/mol. The van der Waals surface area contributed by atoms with Crippen molar-refractivity contribution < 1.29 is 18.4 Å². The van der Waals surface area contributed by atoms with Crippen molar-refractivity contribution in [3.63, 3.8) is 0 Å². The molecule has 2 N–H and O–H groups in total. The molecule has 112 valence electrons. The number of hydrogen-bond donors (Lipinski definition) is 2. The molecule has 0 bridgehead atoms. The Morgan fingerprint density at radius 1 is 1.50 bits per heavy atom. The van der Waals surface area contributed by atoms with Gasteiger partial charge in [0.1, 0.15) is 4.90 Å². The van der Waals surface area contributed by atoms with Crippen molar-refractivity contribution in [2.24, 2.45) is 0 Å². The van der Waals surface area contributed by atoms with Gasteiger partial charge < -0.3 is 10.4 Å². The van der Waals surface area contributed by atoms with Gasteiger partial charge in [0.15, 0.2) is 0 Å². The minimum absolute atomic E-state index is 0.103. The van der Waals surface area contributed by atoms with E-state index in [1.807, 2.05) is 0 Å². The number of aliphatic hydroxyl groups excluding tert-OH is 1. The first kappa shape index (κ1) is 16.3. The molecule has 8 nitrogen and oxygen atoms in total. The third-order valence-electron chi connectivity index (χ3n) is 2.65. The zero-order valence-electron chi connectivity index (χ0n) is 11.4. The summed E-state index contributed by atoms with van der Waals surface area (Å²) < 4.78 is 25.7. The normalized spacial score (nSPS) is 13.2. The molecule has 1 aromatic carbocycles. The summed E-state index contributed by atoms with van der Waals surface area (Å²) in [5.74, 6) is 0. The number of rotatable bonds is 6. The summed E-state index contributed by atoms with van der Waals surface area (Å²) in [6.45, 7) is 1.35. The molecule has 20 heavy (non-hydrogen) atoms. The first-order valence-electron chi connectivity index (χ1n) is 5.80. The summed E-state index contributed by atoms with van der Waals surface area (Å²) in [4.78, 5) is 9.91. The molecule has 0 aliphatic carbocycles. The van der Waals surface area contributed by atoms with Crippen LogP contribution < -0.4 is 5.32 Å². The maximum Gasteiger partial charge on any atom is 0.270 e. The van der Waals surface area contributed by atoms with Crippen molar-refractivity contribution in [3.05, 3.63) is 28.3 Å². The van der Waals surface area contributed by atoms with Gasteiger partial charge in [-0.2, -0.15) is 4.31 Å². The van der Waals surface area contributed by atoms with E-state index < -0.39 is 21.1 Å². The molecule has 0 fully saturated rings. The fourth-order valence-electron chi connectivity index (χ4n) is 1.68. The lowest BCUT2D eigenvalue weighted by Gasteiger charge is -2.20. The zero-order valence-corrected chi connectivity index (χ0v) is 12.2. The number of sulfonamides is 1. The van der Waals surface area contributed by atoms with Gasteiger partial charge in [-0.3, -0.25) is 10.1 Å². The molecule has 0 amide bonds. The molecular formula is C11H17N3O5S. The second-order valence-corrected chi connectivity index (χ2v) is 6.34. The van der Waals surface area contributed by atoms with Crippen LogP contribution in [0.25, 0.3) is 0 Å². The van der Waals surface area contributed by atoms with Gasteiger partial charge in [0, 0.05) is 32.8 Å². The van der Waals surface area contributed by atoms with E-state index in [1.54, 1.807) is 0 Å². The van der Waals surface area contributed by atoms with E-state index in [1.165, 1.54) is 33.2 Å². The lowest BCUT2D eigenvalue weighted by molar-refractivity contribution is -0.385. The monoisotopic (exact) mass is 303 g/mol. The average molecular weight is 303 g/mol. The molecule has 0 saturated heterocycles. The SMILES string of the molecule is CNc1ccc([N+](=O)[O-])cc1S(=O)(=O)N(C)CC(C)O. The molecule has 0 heterocycles. The second kappa shape index (κ2) is 6.16. The maximum atomic E-state index is 12.4. The number of aliphatic hydroxyl groups is 1. The lowest BCUT2D eigenvalue weighted by atomic mass is 10.3. The summed E-state index contributed by atoms with van der Waals surface area (Å²) in [6.07, 6.45) is -0.841. The first-order valence-corrected chi connectivity index (χ1v) is 7.24. The molecule has 0 saturated carbocycles. The van der Waals surface area contributed by atoms with Crippen molar-refractivity contribution in [1.82, 2.24) is 4.31 Å². The van der Waals surface area contributed by atoms with Crippen molar-refractivity contribution in [3.8, 4) is 0 Å². The van der Waals surface area contributed by atoms with Crippen LogP contribution in [0.3, 0.4) is 0 Å². The van der Waals surface area contributed by atoms with Gasteiger partial charge in [0.25, 0.3) is 5.69 Å². The number of nitro groups is 1. The topological polar surface area (TPSA) is 113 Å². The van der Waals surface area contributed by atoms with Crippen LogP contribution in [0.4, 0.5) is 11.4 Å². The quantitative estimate of drug-likeness (QED) is 0.589. The van der Waals surface area contributed by atoms with Crippen LogP contribution in [0, 0.1) is 10.1 Å². The van der Waals surface area contributed by atoms with Gasteiger partial charge in [-0.1, -0.05) is 0 Å². The van der Waals surface area contributed by atoms with E-state index >= 15 is 0 Å². The first-order chi connectivity index (χ1) is 9.20. The van der Waals surface area contributed by atoms with Crippen LogP contribution in [0.15, 0.2) is 23.1 Å². The van der Waals surface area contributed by atoms with Crippen LogP contribution in [0.5, 0.6) is 0 Å². The number of hydrogen-bond acceptors (Lipinski definition) is 6. The fourth-order valence-corrected chi connectivity index (χ4v) is 3.15. The van der Waals surface area contributed by atoms with Gasteiger partial charge in [0.05, 0.1) is 16.7 Å². The Morgan fingerprint density at radius 2 is 2.10 bits per heavy atom. The summed E-state index contributed by atoms with van der Waals surface area (Å²) in [5.41, 5.74) is -0.0546. The molecule has 1 unspecified atom stereocenters. The summed E-state index contributed by atoms with van der Waals surface area (Å²) in [5, 5.41) is 22.7. The molecule has 0 spiro atoms. The Bertz CT molecular complexity index is 600. The van der Waals surface area contributed by atoms with Crippen LogP contribution in [0.1, 0.15) is 6.92 Å². The Balaban J connectivity index is 3.35. The number of benzene rings is 1. The Hall–Kier alpha value is -1.71. The van der Waals surface area contributed by atoms with E-state index in [0.717, 1.165) is 10.4 Å². The van der Waals surface area contributed by atoms with Gasteiger partial charge in [-0.05, 0) is 13.0 Å². The number of non-ortho nitro benzene ring substituents is 1. The van der Waals surface area contributed by atoms with E-state index in [0.29, 0.717) is 0 Å². The molecule has 1 atom stereocenters. The highest BCUT2D eigenvalue weighted by Crippen LogP contribution is 2.28. The lowest BCUT2D eigenvalue weighted by Crippen LogP contribution is -2.33. The smallest absolute Gasteiger partial charge is 0.270 e. The highest BCUT2D eigenvalue weighted by atomic mass is 32.2. The van der Waals surface area contributed by atoms with Gasteiger partial charge in [0.2, 0.25) is 10.0 Å². The van der Waals surface area contributed by atoms with E-state index in [2.05, 4.69) is 5.32 Å². The maximum absolute atomic E-state index is 12.4. The molecule has 1 aromatic rings. The van der Waals surface area contributed by atoms with Crippen LogP contribution in [-0.4, -0.2) is 49.5 Å². The van der Waals surface area contributed by atoms with Gasteiger partial charge >= 0.3 is 0 Å². The summed E-state index contributed by atoms with van der Waals surface area (Å²) >= 11 is 0. The van der Waals surface area contributed by atoms with E-state index in [9.17, 15) is 23.6 Å². The number of nitrogens with one attached hydrogen (secondary N) is 1. The number of anilines is 1. The van der Waals surface area contributed by atoms with E-state index in [4.69, 9.17) is 0 Å². The van der Waals surface area contributed by atoms with Crippen molar-refractivity contribution >= 4 is 21.4 Å². The predicted octanol–water partition coefficient (Wildman–Crippen LogP) is 0.638. The Labute approximate surface area is 117 Å². The van der Waals surface area contributed by atoms with Crippen LogP contribution in [0.2, 0.25) is 0 Å². The molecule has 9 heteroatoms. The molecular weight excluding hydrogens is 286 g/mol. The number of nitro benzene ring substituents is 1. The van der Waals surface area contributed by atoms with Crippen molar-refractivity contribution in [2.45, 2.75) is 17.9 Å². The fraction of sp³-hybridized carbons (Fsp3) is 0.455. The second-order valence-electron chi connectivity index (χ2n) is 4.32. The minimum Gasteiger partial charge on any atom is -0.392 e. The van der Waals surface area contributed by atoms with Gasteiger partial charge in [-0.25, -0.2) is 8.42 Å².